The predicted octanol–water partition coefficient (Wildman–Crippen LogP) is 1.33. The van der Waals surface area contributed by atoms with E-state index < -0.39 is 6.03 Å². The van der Waals surface area contributed by atoms with Gasteiger partial charge < -0.3 is 5.73 Å². The van der Waals surface area contributed by atoms with E-state index in [9.17, 15) is 4.79 Å². The number of primary amides is 1. The van der Waals surface area contributed by atoms with Crippen LogP contribution in [-0.4, -0.2) is 11.7 Å². The van der Waals surface area contributed by atoms with E-state index in [-0.39, 0.29) is 5.92 Å². The smallest absolute Gasteiger partial charge is 0.332 e. The summed E-state index contributed by atoms with van der Waals surface area (Å²) in [5, 5.41) is 3.85. The maximum Gasteiger partial charge on any atom is 0.332 e. The van der Waals surface area contributed by atoms with E-state index in [1.54, 1.807) is 0 Å². The number of urea groups is 1. The molecule has 0 saturated heterocycles. The standard InChI is InChI=1S/C10H13N3O/c1-8(12-13-10(11)14)9-6-4-2-3-5-7-9/h2-7,9H,1H3,(H3,11,13,14)/b12-8+. The number of hydrazone groups is 1. The molecule has 3 N–H and O–H groups in total. The third kappa shape index (κ3) is 3.26. The third-order valence-electron chi connectivity index (χ3n) is 1.80. The monoisotopic (exact) mass is 191 g/mol. The summed E-state index contributed by atoms with van der Waals surface area (Å²) in [4.78, 5) is 10.4. The highest BCUT2D eigenvalue weighted by Gasteiger charge is 2.04. The fraction of sp³-hybridized carbons (Fsp3) is 0.200. The van der Waals surface area contributed by atoms with Crippen LogP contribution < -0.4 is 11.2 Å². The molecule has 14 heavy (non-hydrogen) atoms. The van der Waals surface area contributed by atoms with Crippen molar-refractivity contribution < 1.29 is 4.79 Å². The van der Waals surface area contributed by atoms with Gasteiger partial charge in [-0.25, -0.2) is 10.2 Å². The highest BCUT2D eigenvalue weighted by Crippen LogP contribution is 2.07. The number of nitrogens with zero attached hydrogens (tertiary/aromatic N) is 1. The Labute approximate surface area is 82.9 Å². The summed E-state index contributed by atoms with van der Waals surface area (Å²) < 4.78 is 0. The Kier molecular flexibility index (Phi) is 3.67. The summed E-state index contributed by atoms with van der Waals surface area (Å²) >= 11 is 0. The molecule has 0 saturated carbocycles. The van der Waals surface area contributed by atoms with E-state index in [0.29, 0.717) is 0 Å². The van der Waals surface area contributed by atoms with Crippen molar-refractivity contribution in [3.8, 4) is 0 Å². The average molecular weight is 191 g/mol. The molecule has 2 amide bonds. The van der Waals surface area contributed by atoms with Crippen LogP contribution in [0.2, 0.25) is 0 Å². The minimum Gasteiger partial charge on any atom is -0.350 e. The molecule has 4 heteroatoms. The van der Waals surface area contributed by atoms with Gasteiger partial charge >= 0.3 is 6.03 Å². The zero-order valence-corrected chi connectivity index (χ0v) is 7.97. The SMILES string of the molecule is C/C(=N\NC(N)=O)C1C=CC=CC=C1. The van der Waals surface area contributed by atoms with E-state index in [1.807, 2.05) is 43.4 Å². The molecule has 0 aromatic rings. The Balaban J connectivity index is 2.64. The molecule has 0 fully saturated rings. The van der Waals surface area contributed by atoms with Gasteiger partial charge in [-0.2, -0.15) is 5.10 Å². The van der Waals surface area contributed by atoms with Crippen molar-refractivity contribution in [1.82, 2.24) is 5.43 Å². The van der Waals surface area contributed by atoms with Gasteiger partial charge in [0.05, 0.1) is 0 Å². The number of rotatable bonds is 2. The first-order valence-electron chi connectivity index (χ1n) is 4.31. The van der Waals surface area contributed by atoms with Crippen molar-refractivity contribution >= 4 is 11.7 Å². The van der Waals surface area contributed by atoms with Crippen LogP contribution in [0.3, 0.4) is 0 Å². The number of hydrogen-bond acceptors (Lipinski definition) is 2. The maximum absolute atomic E-state index is 10.4. The fourth-order valence-electron chi connectivity index (χ4n) is 1.06. The summed E-state index contributed by atoms with van der Waals surface area (Å²) in [6.45, 7) is 1.83. The summed E-state index contributed by atoms with van der Waals surface area (Å²) in [7, 11) is 0. The second-order valence-corrected chi connectivity index (χ2v) is 2.91. The number of amides is 2. The van der Waals surface area contributed by atoms with Crippen molar-refractivity contribution in [2.45, 2.75) is 6.92 Å². The van der Waals surface area contributed by atoms with Gasteiger partial charge in [0.25, 0.3) is 0 Å². The van der Waals surface area contributed by atoms with Gasteiger partial charge in [0, 0.05) is 11.6 Å². The highest BCUT2D eigenvalue weighted by atomic mass is 16.2. The van der Waals surface area contributed by atoms with Crippen LogP contribution in [0.5, 0.6) is 0 Å². The van der Waals surface area contributed by atoms with Crippen LogP contribution in [-0.2, 0) is 0 Å². The van der Waals surface area contributed by atoms with E-state index in [1.165, 1.54) is 0 Å². The summed E-state index contributed by atoms with van der Waals surface area (Å²) in [6, 6.07) is -0.649. The molecule has 0 unspecified atom stereocenters. The minimum atomic E-state index is -0.649. The van der Waals surface area contributed by atoms with Gasteiger partial charge in [0.2, 0.25) is 0 Å². The maximum atomic E-state index is 10.4. The first-order valence-corrected chi connectivity index (χ1v) is 4.31. The van der Waals surface area contributed by atoms with Crippen LogP contribution in [0.4, 0.5) is 4.79 Å². The van der Waals surface area contributed by atoms with Gasteiger partial charge in [-0.15, -0.1) is 0 Å². The van der Waals surface area contributed by atoms with Crippen LogP contribution >= 0.6 is 0 Å². The van der Waals surface area contributed by atoms with Crippen molar-refractivity contribution in [2.75, 3.05) is 0 Å². The molecule has 1 rings (SSSR count). The zero-order chi connectivity index (χ0) is 10.4. The molecule has 4 nitrogen and oxygen atoms in total. The van der Waals surface area contributed by atoms with Crippen molar-refractivity contribution in [3.63, 3.8) is 0 Å². The lowest BCUT2D eigenvalue weighted by Gasteiger charge is -2.05. The molecule has 0 aromatic carbocycles. The minimum absolute atomic E-state index is 0.108. The molecule has 0 radical (unpaired) electrons. The first-order chi connectivity index (χ1) is 6.70. The quantitative estimate of drug-likeness (QED) is 0.501. The molecule has 0 bridgehead atoms. The largest absolute Gasteiger partial charge is 0.350 e. The van der Waals surface area contributed by atoms with E-state index in [0.717, 1.165) is 5.71 Å². The fourth-order valence-corrected chi connectivity index (χ4v) is 1.06. The van der Waals surface area contributed by atoms with Gasteiger partial charge in [0.15, 0.2) is 0 Å². The zero-order valence-electron chi connectivity index (χ0n) is 7.97. The summed E-state index contributed by atoms with van der Waals surface area (Å²) in [5.41, 5.74) is 7.89. The van der Waals surface area contributed by atoms with Crippen molar-refractivity contribution in [2.24, 2.45) is 16.8 Å². The number of nitrogens with two attached hydrogens (primary N) is 1. The lowest BCUT2D eigenvalue weighted by Crippen LogP contribution is -2.26. The Bertz CT molecular complexity index is 310. The van der Waals surface area contributed by atoms with Gasteiger partial charge in [-0.1, -0.05) is 36.5 Å². The average Bonchev–Trinajstić information content (AvgIpc) is 2.42. The van der Waals surface area contributed by atoms with Crippen LogP contribution in [0, 0.1) is 5.92 Å². The topological polar surface area (TPSA) is 67.5 Å². The van der Waals surface area contributed by atoms with Crippen LogP contribution in [0.15, 0.2) is 41.6 Å². The van der Waals surface area contributed by atoms with Crippen LogP contribution in [0.25, 0.3) is 0 Å². The molecule has 0 aromatic heterocycles. The lowest BCUT2D eigenvalue weighted by molar-refractivity contribution is 0.249. The molecular weight excluding hydrogens is 178 g/mol. The molecule has 0 atom stereocenters. The molecule has 0 aliphatic heterocycles. The number of hydrogen-bond donors (Lipinski definition) is 2. The van der Waals surface area contributed by atoms with Crippen molar-refractivity contribution in [1.29, 1.82) is 0 Å². The molecule has 74 valence electrons. The summed E-state index contributed by atoms with van der Waals surface area (Å²) in [6.07, 6.45) is 11.7. The molecule has 0 spiro atoms. The number of carbonyl (C=O) groups excluding carboxylic acids is 1. The Morgan fingerprint density at radius 3 is 2.36 bits per heavy atom. The normalized spacial score (nSPS) is 16.8. The highest BCUT2D eigenvalue weighted by molar-refractivity contribution is 5.88. The second kappa shape index (κ2) is 5.01. The molecular formula is C10H13N3O. The predicted molar refractivity (Wildman–Crippen MR) is 56.7 cm³/mol. The Hall–Kier alpha value is -1.84. The molecule has 1 aliphatic rings. The Morgan fingerprint density at radius 2 is 1.86 bits per heavy atom. The number of nitrogens with one attached hydrogen (secondary N) is 1. The number of carbonyl (C=O) groups is 1. The van der Waals surface area contributed by atoms with Gasteiger partial charge in [-0.3, -0.25) is 0 Å². The number of allylic oxidation sites excluding steroid dienone is 6. The van der Waals surface area contributed by atoms with E-state index in [2.05, 4.69) is 10.5 Å². The van der Waals surface area contributed by atoms with Gasteiger partial charge in [0.1, 0.15) is 0 Å². The summed E-state index contributed by atoms with van der Waals surface area (Å²) in [5.74, 6) is 0.108. The third-order valence-corrected chi connectivity index (χ3v) is 1.80. The van der Waals surface area contributed by atoms with Crippen LogP contribution in [0.1, 0.15) is 6.92 Å². The second-order valence-electron chi connectivity index (χ2n) is 2.91. The van der Waals surface area contributed by atoms with Crippen molar-refractivity contribution in [3.05, 3.63) is 36.5 Å². The lowest BCUT2D eigenvalue weighted by atomic mass is 10.0. The molecule has 0 heterocycles. The Morgan fingerprint density at radius 1 is 1.29 bits per heavy atom. The van der Waals surface area contributed by atoms with Gasteiger partial charge in [-0.05, 0) is 6.92 Å². The van der Waals surface area contributed by atoms with E-state index in [4.69, 9.17) is 5.73 Å². The van der Waals surface area contributed by atoms with E-state index >= 15 is 0 Å². The molecule has 1 aliphatic carbocycles. The first kappa shape index (κ1) is 10.2.